The van der Waals surface area contributed by atoms with Crippen LogP contribution in [0.15, 0.2) is 47.5 Å². The molecule has 5 rings (SSSR count). The van der Waals surface area contributed by atoms with Gasteiger partial charge < -0.3 is 0 Å². The summed E-state index contributed by atoms with van der Waals surface area (Å²) in [5.41, 5.74) is 9.75. The fourth-order valence-electron chi connectivity index (χ4n) is 4.63. The van der Waals surface area contributed by atoms with Crippen LogP contribution in [0.4, 0.5) is 0 Å². The maximum atomic E-state index is 5.28. The second kappa shape index (κ2) is 6.05. The molecule has 2 aliphatic carbocycles. The van der Waals surface area contributed by atoms with Gasteiger partial charge in [0.1, 0.15) is 0 Å². The number of benzene rings is 2. The summed E-state index contributed by atoms with van der Waals surface area (Å²) in [6, 6.07) is 15.7. The van der Waals surface area contributed by atoms with E-state index in [0.29, 0.717) is 6.04 Å². The third-order valence-electron chi connectivity index (χ3n) is 5.84. The summed E-state index contributed by atoms with van der Waals surface area (Å²) in [5, 5.41) is 1.20. The van der Waals surface area contributed by atoms with E-state index in [1.807, 2.05) is 0 Å². The molecule has 2 nitrogen and oxygen atoms in total. The molecule has 1 heterocycles. The van der Waals surface area contributed by atoms with Crippen molar-refractivity contribution in [1.29, 1.82) is 0 Å². The molecule has 0 aliphatic heterocycles. The number of pyridine rings is 1. The average molecular weight is 340 g/mol. The Morgan fingerprint density at radius 1 is 0.923 bits per heavy atom. The zero-order valence-electron chi connectivity index (χ0n) is 15.5. The Morgan fingerprint density at radius 2 is 1.73 bits per heavy atom. The van der Waals surface area contributed by atoms with E-state index < -0.39 is 0 Å². The van der Waals surface area contributed by atoms with Crippen LogP contribution in [-0.4, -0.2) is 16.7 Å². The van der Waals surface area contributed by atoms with Crippen molar-refractivity contribution in [2.45, 2.75) is 52.0 Å². The molecule has 0 unspecified atom stereocenters. The third-order valence-corrected chi connectivity index (χ3v) is 5.84. The first-order valence-corrected chi connectivity index (χ1v) is 9.80. The molecule has 0 bridgehead atoms. The summed E-state index contributed by atoms with van der Waals surface area (Å²) in [6.45, 7) is 4.38. The second-order valence-corrected chi connectivity index (χ2v) is 7.85. The highest BCUT2D eigenvalue weighted by Gasteiger charge is 2.29. The number of fused-ring (bicyclic) bond motifs is 4. The van der Waals surface area contributed by atoms with Gasteiger partial charge in [0.2, 0.25) is 0 Å². The molecule has 1 saturated carbocycles. The predicted octanol–water partition coefficient (Wildman–Crippen LogP) is 6.00. The van der Waals surface area contributed by atoms with Crippen LogP contribution < -0.4 is 0 Å². The molecule has 2 aliphatic rings. The Balaban J connectivity index is 1.78. The normalized spacial score (nSPS) is 18.3. The Hall–Kier alpha value is -2.48. The second-order valence-electron chi connectivity index (χ2n) is 7.85. The Morgan fingerprint density at radius 3 is 2.58 bits per heavy atom. The van der Waals surface area contributed by atoms with Crippen LogP contribution in [0.25, 0.3) is 22.2 Å². The van der Waals surface area contributed by atoms with Gasteiger partial charge in [-0.3, -0.25) is 4.99 Å². The van der Waals surface area contributed by atoms with E-state index in [9.17, 15) is 0 Å². The fraction of sp³-hybridized carbons (Fsp3) is 0.333. The highest BCUT2D eigenvalue weighted by Crippen LogP contribution is 2.40. The van der Waals surface area contributed by atoms with Crippen LogP contribution in [0.1, 0.15) is 54.4 Å². The lowest BCUT2D eigenvalue weighted by atomic mass is 9.95. The maximum Gasteiger partial charge on any atom is 0.0813 e. The van der Waals surface area contributed by atoms with E-state index in [0.717, 1.165) is 11.2 Å². The Bertz CT molecular complexity index is 1040. The largest absolute Gasteiger partial charge is 0.281 e. The number of hydrogen-bond acceptors (Lipinski definition) is 2. The van der Waals surface area contributed by atoms with E-state index in [1.54, 1.807) is 0 Å². The smallest absolute Gasteiger partial charge is 0.0813 e. The molecule has 0 spiro atoms. The van der Waals surface area contributed by atoms with Crippen molar-refractivity contribution in [2.75, 3.05) is 0 Å². The van der Waals surface area contributed by atoms with Crippen molar-refractivity contribution >= 4 is 16.6 Å². The summed E-state index contributed by atoms with van der Waals surface area (Å²) in [6.07, 6.45) is 6.42. The molecule has 2 aromatic carbocycles. The summed E-state index contributed by atoms with van der Waals surface area (Å²) in [5.74, 6) is 0. The van der Waals surface area contributed by atoms with Gasteiger partial charge in [-0.1, -0.05) is 49.1 Å². The number of aryl methyl sites for hydroxylation is 2. The van der Waals surface area contributed by atoms with Gasteiger partial charge in [-0.15, -0.1) is 0 Å². The van der Waals surface area contributed by atoms with E-state index >= 15 is 0 Å². The quantitative estimate of drug-likeness (QED) is 0.417. The standard InChI is InChI=1S/C24H24N2/c1-15-12-16(2)22-19(13-15)23(25-18-9-4-3-5-10-18)20-14-17-8-6-7-11-21(17)26-24(20)22/h6-8,11-14,18H,3-5,9-10H2,1-2H3. The minimum Gasteiger partial charge on any atom is -0.281 e. The van der Waals surface area contributed by atoms with Gasteiger partial charge in [-0.05, 0) is 50.5 Å². The van der Waals surface area contributed by atoms with Crippen LogP contribution in [-0.2, 0) is 0 Å². The first-order chi connectivity index (χ1) is 12.7. The average Bonchev–Trinajstić information content (AvgIpc) is 2.94. The monoisotopic (exact) mass is 340 g/mol. The maximum absolute atomic E-state index is 5.28. The van der Waals surface area contributed by atoms with Gasteiger partial charge in [-0.2, -0.15) is 0 Å². The van der Waals surface area contributed by atoms with Gasteiger partial charge in [0.05, 0.1) is 23.0 Å². The summed E-state index contributed by atoms with van der Waals surface area (Å²) in [4.78, 5) is 10.3. The molecule has 2 heteroatoms. The first kappa shape index (κ1) is 15.7. The van der Waals surface area contributed by atoms with Crippen molar-refractivity contribution in [1.82, 2.24) is 4.98 Å². The molecule has 0 amide bonds. The van der Waals surface area contributed by atoms with Gasteiger partial charge in [0.15, 0.2) is 0 Å². The van der Waals surface area contributed by atoms with Crippen LogP contribution >= 0.6 is 0 Å². The molecule has 0 atom stereocenters. The van der Waals surface area contributed by atoms with E-state index in [2.05, 4.69) is 56.3 Å². The van der Waals surface area contributed by atoms with E-state index in [-0.39, 0.29) is 0 Å². The molecule has 130 valence electrons. The summed E-state index contributed by atoms with van der Waals surface area (Å²) < 4.78 is 0. The molecule has 0 N–H and O–H groups in total. The number of rotatable bonds is 1. The molecule has 26 heavy (non-hydrogen) atoms. The fourth-order valence-corrected chi connectivity index (χ4v) is 4.63. The van der Waals surface area contributed by atoms with Gasteiger partial charge in [0, 0.05) is 22.1 Å². The topological polar surface area (TPSA) is 25.2 Å². The molecular weight excluding hydrogens is 316 g/mol. The highest BCUT2D eigenvalue weighted by molar-refractivity contribution is 6.25. The molecule has 1 fully saturated rings. The molecule has 1 aromatic heterocycles. The minimum absolute atomic E-state index is 0.463. The van der Waals surface area contributed by atoms with E-state index in [4.69, 9.17) is 9.98 Å². The van der Waals surface area contributed by atoms with Gasteiger partial charge >= 0.3 is 0 Å². The van der Waals surface area contributed by atoms with Crippen LogP contribution in [0.2, 0.25) is 0 Å². The van der Waals surface area contributed by atoms with Crippen molar-refractivity contribution in [3.8, 4) is 11.3 Å². The number of aliphatic imine (C=N–C) groups is 1. The van der Waals surface area contributed by atoms with E-state index in [1.165, 1.54) is 71.0 Å². The number of para-hydroxylation sites is 1. The van der Waals surface area contributed by atoms with Crippen LogP contribution in [0.5, 0.6) is 0 Å². The zero-order valence-corrected chi connectivity index (χ0v) is 15.5. The van der Waals surface area contributed by atoms with Crippen LogP contribution in [0, 0.1) is 13.8 Å². The SMILES string of the molecule is Cc1cc(C)c2c(c1)C(=NC1CCCCC1)c1cc3ccccc3nc1-2. The first-order valence-electron chi connectivity index (χ1n) is 9.80. The van der Waals surface area contributed by atoms with Gasteiger partial charge in [-0.25, -0.2) is 4.98 Å². The lowest BCUT2D eigenvalue weighted by molar-refractivity contribution is 0.444. The number of aromatic nitrogens is 1. The predicted molar refractivity (Wildman–Crippen MR) is 109 cm³/mol. The number of nitrogens with zero attached hydrogens (tertiary/aromatic N) is 2. The highest BCUT2D eigenvalue weighted by atomic mass is 14.8. The Labute approximate surface area is 155 Å². The molecule has 0 saturated heterocycles. The van der Waals surface area contributed by atoms with Crippen molar-refractivity contribution < 1.29 is 0 Å². The van der Waals surface area contributed by atoms with Gasteiger partial charge in [0.25, 0.3) is 0 Å². The van der Waals surface area contributed by atoms with Crippen molar-refractivity contribution in [3.63, 3.8) is 0 Å². The lowest BCUT2D eigenvalue weighted by Gasteiger charge is -2.19. The zero-order chi connectivity index (χ0) is 17.7. The third kappa shape index (κ3) is 2.47. The number of hydrogen-bond donors (Lipinski definition) is 0. The van der Waals surface area contributed by atoms with Crippen molar-refractivity contribution in [3.05, 3.63) is 64.7 Å². The summed E-state index contributed by atoms with van der Waals surface area (Å²) >= 11 is 0. The molecule has 3 aromatic rings. The Kier molecular flexibility index (Phi) is 3.66. The van der Waals surface area contributed by atoms with Crippen molar-refractivity contribution in [2.24, 2.45) is 4.99 Å². The summed E-state index contributed by atoms with van der Waals surface area (Å²) in [7, 11) is 0. The molecule has 0 radical (unpaired) electrons. The lowest BCUT2D eigenvalue weighted by Crippen LogP contribution is -2.13. The molecular formula is C24H24N2. The minimum atomic E-state index is 0.463. The van der Waals surface area contributed by atoms with Crippen LogP contribution in [0.3, 0.4) is 0 Å².